The standard InChI is InChI=1S/C13H19NO3/c1-10-5-6-12(16)11(9-10)13(17)14-7-3-2-4-8-15/h5-6,9,15-16H,2-4,7-8H2,1H3,(H,14,17). The molecular formula is C13H19NO3. The molecule has 0 bridgehead atoms. The molecule has 0 saturated carbocycles. The lowest BCUT2D eigenvalue weighted by atomic mass is 10.1. The van der Waals surface area contributed by atoms with E-state index >= 15 is 0 Å². The Morgan fingerprint density at radius 2 is 2.06 bits per heavy atom. The predicted octanol–water partition coefficient (Wildman–Crippen LogP) is 1.59. The number of nitrogens with one attached hydrogen (secondary N) is 1. The molecule has 0 atom stereocenters. The van der Waals surface area contributed by atoms with Crippen LogP contribution in [-0.2, 0) is 0 Å². The number of benzene rings is 1. The number of amides is 1. The van der Waals surface area contributed by atoms with Gasteiger partial charge in [0.15, 0.2) is 0 Å². The highest BCUT2D eigenvalue weighted by molar-refractivity contribution is 5.96. The molecule has 0 fully saturated rings. The first-order valence-electron chi connectivity index (χ1n) is 5.84. The van der Waals surface area contributed by atoms with Gasteiger partial charge in [0.25, 0.3) is 5.91 Å². The van der Waals surface area contributed by atoms with Crippen LogP contribution in [-0.4, -0.2) is 29.3 Å². The molecule has 4 nitrogen and oxygen atoms in total. The van der Waals surface area contributed by atoms with E-state index in [1.54, 1.807) is 12.1 Å². The minimum Gasteiger partial charge on any atom is -0.507 e. The zero-order chi connectivity index (χ0) is 12.7. The molecule has 0 unspecified atom stereocenters. The number of carbonyl (C=O) groups excluding carboxylic acids is 1. The molecule has 0 spiro atoms. The number of aromatic hydroxyl groups is 1. The van der Waals surface area contributed by atoms with Crippen LogP contribution in [0, 0.1) is 6.92 Å². The van der Waals surface area contributed by atoms with Crippen molar-refractivity contribution in [3.05, 3.63) is 29.3 Å². The van der Waals surface area contributed by atoms with Crippen molar-refractivity contribution < 1.29 is 15.0 Å². The van der Waals surface area contributed by atoms with Crippen LogP contribution in [0.3, 0.4) is 0 Å². The number of carbonyl (C=O) groups is 1. The third-order valence-corrected chi connectivity index (χ3v) is 2.52. The molecule has 1 aromatic carbocycles. The van der Waals surface area contributed by atoms with Crippen LogP contribution in [0.1, 0.15) is 35.2 Å². The molecule has 0 aliphatic carbocycles. The van der Waals surface area contributed by atoms with Crippen LogP contribution in [0.15, 0.2) is 18.2 Å². The molecule has 94 valence electrons. The molecule has 1 rings (SSSR count). The molecule has 0 saturated heterocycles. The summed E-state index contributed by atoms with van der Waals surface area (Å²) in [6, 6.07) is 4.95. The summed E-state index contributed by atoms with van der Waals surface area (Å²) in [5.74, 6) is -0.251. The second kappa shape index (κ2) is 6.91. The van der Waals surface area contributed by atoms with Crippen molar-refractivity contribution >= 4 is 5.91 Å². The van der Waals surface area contributed by atoms with Gasteiger partial charge >= 0.3 is 0 Å². The van der Waals surface area contributed by atoms with Crippen molar-refractivity contribution in [3.8, 4) is 5.75 Å². The molecule has 0 heterocycles. The molecule has 17 heavy (non-hydrogen) atoms. The predicted molar refractivity (Wildman–Crippen MR) is 66.1 cm³/mol. The van der Waals surface area contributed by atoms with Gasteiger partial charge in [0.05, 0.1) is 5.56 Å². The summed E-state index contributed by atoms with van der Waals surface area (Å²) >= 11 is 0. The molecule has 1 aromatic rings. The molecular weight excluding hydrogens is 218 g/mol. The zero-order valence-electron chi connectivity index (χ0n) is 10.1. The van der Waals surface area contributed by atoms with Gasteiger partial charge < -0.3 is 15.5 Å². The van der Waals surface area contributed by atoms with E-state index in [0.29, 0.717) is 12.1 Å². The fourth-order valence-electron chi connectivity index (χ4n) is 1.54. The van der Waals surface area contributed by atoms with E-state index in [-0.39, 0.29) is 18.3 Å². The Morgan fingerprint density at radius 1 is 1.29 bits per heavy atom. The second-order valence-corrected chi connectivity index (χ2v) is 4.06. The maximum Gasteiger partial charge on any atom is 0.255 e. The van der Waals surface area contributed by atoms with E-state index < -0.39 is 0 Å². The molecule has 3 N–H and O–H groups in total. The van der Waals surface area contributed by atoms with E-state index in [1.165, 1.54) is 6.07 Å². The average molecular weight is 237 g/mol. The molecule has 1 amide bonds. The van der Waals surface area contributed by atoms with Gasteiger partial charge in [-0.3, -0.25) is 4.79 Å². The van der Waals surface area contributed by atoms with E-state index in [1.807, 2.05) is 6.92 Å². The Bertz CT molecular complexity index is 377. The monoisotopic (exact) mass is 237 g/mol. The highest BCUT2D eigenvalue weighted by Gasteiger charge is 2.10. The van der Waals surface area contributed by atoms with Gasteiger partial charge in [-0.15, -0.1) is 0 Å². The van der Waals surface area contributed by atoms with Crippen LogP contribution in [0.2, 0.25) is 0 Å². The van der Waals surface area contributed by atoms with Gasteiger partial charge in [0.2, 0.25) is 0 Å². The summed E-state index contributed by atoms with van der Waals surface area (Å²) in [5.41, 5.74) is 1.25. The Hall–Kier alpha value is -1.55. The lowest BCUT2D eigenvalue weighted by Crippen LogP contribution is -2.24. The van der Waals surface area contributed by atoms with Crippen LogP contribution in [0.4, 0.5) is 0 Å². The van der Waals surface area contributed by atoms with Crippen molar-refractivity contribution in [1.29, 1.82) is 0 Å². The smallest absolute Gasteiger partial charge is 0.255 e. The molecule has 4 heteroatoms. The SMILES string of the molecule is Cc1ccc(O)c(C(=O)NCCCCCO)c1. The van der Waals surface area contributed by atoms with Crippen molar-refractivity contribution in [2.75, 3.05) is 13.2 Å². The Labute approximate surface area is 101 Å². The summed E-state index contributed by atoms with van der Waals surface area (Å²) in [6.45, 7) is 2.62. The zero-order valence-corrected chi connectivity index (χ0v) is 10.1. The van der Waals surface area contributed by atoms with E-state index in [9.17, 15) is 9.90 Å². The molecule has 0 aliphatic rings. The van der Waals surface area contributed by atoms with Crippen LogP contribution < -0.4 is 5.32 Å². The normalized spacial score (nSPS) is 10.2. The van der Waals surface area contributed by atoms with Gasteiger partial charge in [-0.1, -0.05) is 11.6 Å². The van der Waals surface area contributed by atoms with E-state index in [0.717, 1.165) is 24.8 Å². The number of hydrogen-bond donors (Lipinski definition) is 3. The van der Waals surface area contributed by atoms with Gasteiger partial charge in [-0.25, -0.2) is 0 Å². The van der Waals surface area contributed by atoms with Crippen LogP contribution >= 0.6 is 0 Å². The van der Waals surface area contributed by atoms with E-state index in [2.05, 4.69) is 5.32 Å². The first-order valence-corrected chi connectivity index (χ1v) is 5.84. The number of phenolic OH excluding ortho intramolecular Hbond substituents is 1. The fourth-order valence-corrected chi connectivity index (χ4v) is 1.54. The van der Waals surface area contributed by atoms with Crippen molar-refractivity contribution in [2.45, 2.75) is 26.2 Å². The van der Waals surface area contributed by atoms with E-state index in [4.69, 9.17) is 5.11 Å². The number of aliphatic hydroxyl groups is 1. The Kier molecular flexibility index (Phi) is 5.49. The van der Waals surface area contributed by atoms with Gasteiger partial charge in [-0.2, -0.15) is 0 Å². The first kappa shape index (κ1) is 13.5. The summed E-state index contributed by atoms with van der Waals surface area (Å²) in [7, 11) is 0. The summed E-state index contributed by atoms with van der Waals surface area (Å²) in [4.78, 5) is 11.7. The number of rotatable bonds is 6. The first-order chi connectivity index (χ1) is 8.15. The Morgan fingerprint density at radius 3 is 2.76 bits per heavy atom. The van der Waals surface area contributed by atoms with Gasteiger partial charge in [0, 0.05) is 13.2 Å². The highest BCUT2D eigenvalue weighted by Crippen LogP contribution is 2.17. The summed E-state index contributed by atoms with van der Waals surface area (Å²) < 4.78 is 0. The van der Waals surface area contributed by atoms with Gasteiger partial charge in [-0.05, 0) is 38.3 Å². The number of aliphatic hydroxyl groups excluding tert-OH is 1. The molecule has 0 aliphatic heterocycles. The summed E-state index contributed by atoms with van der Waals surface area (Å²) in [6.07, 6.45) is 2.47. The third-order valence-electron chi connectivity index (χ3n) is 2.52. The second-order valence-electron chi connectivity index (χ2n) is 4.06. The maximum atomic E-state index is 11.7. The number of unbranched alkanes of at least 4 members (excludes halogenated alkanes) is 2. The lowest BCUT2D eigenvalue weighted by molar-refractivity contribution is 0.0950. The van der Waals surface area contributed by atoms with Gasteiger partial charge in [0.1, 0.15) is 5.75 Å². The lowest BCUT2D eigenvalue weighted by Gasteiger charge is -2.07. The minimum atomic E-state index is -0.254. The topological polar surface area (TPSA) is 69.6 Å². The number of aryl methyl sites for hydroxylation is 1. The molecule has 0 aromatic heterocycles. The fraction of sp³-hybridized carbons (Fsp3) is 0.462. The quantitative estimate of drug-likeness (QED) is 0.658. The third kappa shape index (κ3) is 4.44. The summed E-state index contributed by atoms with van der Waals surface area (Å²) in [5, 5.41) is 20.9. The van der Waals surface area contributed by atoms with Crippen LogP contribution in [0.5, 0.6) is 5.75 Å². The number of phenols is 1. The largest absolute Gasteiger partial charge is 0.507 e. The highest BCUT2D eigenvalue weighted by atomic mass is 16.3. The average Bonchev–Trinajstić information content (AvgIpc) is 2.32. The van der Waals surface area contributed by atoms with Crippen LogP contribution in [0.25, 0.3) is 0 Å². The van der Waals surface area contributed by atoms with Crippen molar-refractivity contribution in [1.82, 2.24) is 5.32 Å². The number of hydrogen-bond acceptors (Lipinski definition) is 3. The van der Waals surface area contributed by atoms with Crippen molar-refractivity contribution in [2.24, 2.45) is 0 Å². The molecule has 0 radical (unpaired) electrons. The maximum absolute atomic E-state index is 11.7. The Balaban J connectivity index is 2.44. The minimum absolute atomic E-state index is 0.00320. The van der Waals surface area contributed by atoms with Crippen molar-refractivity contribution in [3.63, 3.8) is 0 Å².